The summed E-state index contributed by atoms with van der Waals surface area (Å²) >= 11 is 3.20. The van der Waals surface area contributed by atoms with Gasteiger partial charge in [0.1, 0.15) is 5.60 Å². The van der Waals surface area contributed by atoms with Gasteiger partial charge in [-0.2, -0.15) is 0 Å². The van der Waals surface area contributed by atoms with Gasteiger partial charge < -0.3 is 19.7 Å². The lowest BCUT2D eigenvalue weighted by Gasteiger charge is -2.43. The summed E-state index contributed by atoms with van der Waals surface area (Å²) in [6.07, 6.45) is 7.82. The number of hydrogen-bond donors (Lipinski definition) is 1. The van der Waals surface area contributed by atoms with E-state index < -0.39 is 11.7 Å². The van der Waals surface area contributed by atoms with Crippen molar-refractivity contribution >= 4 is 57.2 Å². The fourth-order valence-corrected chi connectivity index (χ4v) is 7.95. The molecule has 11 heteroatoms. The highest BCUT2D eigenvalue weighted by molar-refractivity contribution is 8.00. The maximum atomic E-state index is 12.6. The van der Waals surface area contributed by atoms with Crippen LogP contribution in [0.3, 0.4) is 0 Å². The summed E-state index contributed by atoms with van der Waals surface area (Å²) in [4.78, 5) is 37.9. The Morgan fingerprint density at radius 2 is 2.05 bits per heavy atom. The normalized spacial score (nSPS) is 20.9. The molecule has 0 aliphatic carbocycles. The van der Waals surface area contributed by atoms with Crippen LogP contribution < -0.4 is 10.2 Å². The van der Waals surface area contributed by atoms with Gasteiger partial charge in [0.25, 0.3) is 0 Å². The Morgan fingerprint density at radius 1 is 1.25 bits per heavy atom. The molecule has 1 spiro atoms. The topological polar surface area (TPSA) is 98.1 Å². The number of hydrogen-bond acceptors (Lipinski definition) is 9. The van der Waals surface area contributed by atoms with Gasteiger partial charge >= 0.3 is 6.09 Å². The molecule has 6 rings (SSSR count). The van der Waals surface area contributed by atoms with E-state index >= 15 is 0 Å². The molecule has 210 valence electrons. The summed E-state index contributed by atoms with van der Waals surface area (Å²) in [5, 5.41) is 5.99. The lowest BCUT2D eigenvalue weighted by Crippen LogP contribution is -2.55. The number of amides is 1. The van der Waals surface area contributed by atoms with Gasteiger partial charge in [-0.3, -0.25) is 9.20 Å². The van der Waals surface area contributed by atoms with E-state index in [4.69, 9.17) is 14.5 Å². The minimum absolute atomic E-state index is 0.0794. The molecule has 2 aliphatic heterocycles. The van der Waals surface area contributed by atoms with E-state index in [2.05, 4.69) is 25.7 Å². The van der Waals surface area contributed by atoms with E-state index in [0.29, 0.717) is 6.61 Å². The Morgan fingerprint density at radius 3 is 2.80 bits per heavy atom. The molecule has 1 amide bonds. The number of carbonyl (C=O) groups is 2. The molecule has 2 saturated heterocycles. The quantitative estimate of drug-likeness (QED) is 0.296. The highest BCUT2D eigenvalue weighted by atomic mass is 32.2. The summed E-state index contributed by atoms with van der Waals surface area (Å²) in [7, 11) is 0. The first-order chi connectivity index (χ1) is 19.2. The van der Waals surface area contributed by atoms with Crippen LogP contribution in [0.15, 0.2) is 52.0 Å². The van der Waals surface area contributed by atoms with Crippen LogP contribution in [0.2, 0.25) is 0 Å². The summed E-state index contributed by atoms with van der Waals surface area (Å²) in [5.41, 5.74) is 0.873. The largest absolute Gasteiger partial charge is 0.444 e. The minimum Gasteiger partial charge on any atom is -0.444 e. The zero-order valence-electron chi connectivity index (χ0n) is 23.0. The molecular weight excluding hydrogens is 546 g/mol. The fraction of sp³-hybridized carbons (Fsp3) is 0.448. The summed E-state index contributed by atoms with van der Waals surface area (Å²) in [6.45, 7) is 9.83. The van der Waals surface area contributed by atoms with Crippen molar-refractivity contribution in [3.8, 4) is 0 Å². The Kier molecular flexibility index (Phi) is 7.00. The molecule has 9 nitrogen and oxygen atoms in total. The molecule has 4 aromatic rings. The monoisotopic (exact) mass is 579 g/mol. The molecule has 0 bridgehead atoms. The van der Waals surface area contributed by atoms with Gasteiger partial charge in [0.05, 0.1) is 23.6 Å². The summed E-state index contributed by atoms with van der Waals surface area (Å²) in [6, 6.07) is 5.93. The van der Waals surface area contributed by atoms with Crippen LogP contribution in [-0.4, -0.2) is 64.2 Å². The summed E-state index contributed by atoms with van der Waals surface area (Å²) in [5.74, 6) is 0.855. The number of nitrogens with zero attached hydrogens (tertiary/aromatic N) is 4. The van der Waals surface area contributed by atoms with Gasteiger partial charge in [-0.25, -0.2) is 14.8 Å². The lowest BCUT2D eigenvalue weighted by atomic mass is 9.73. The smallest absolute Gasteiger partial charge is 0.407 e. The number of aromatic nitrogens is 3. The van der Waals surface area contributed by atoms with E-state index in [9.17, 15) is 9.59 Å². The Labute approximate surface area is 241 Å². The van der Waals surface area contributed by atoms with Crippen molar-refractivity contribution < 1.29 is 19.1 Å². The van der Waals surface area contributed by atoms with Gasteiger partial charge in [-0.05, 0) is 46.6 Å². The third-order valence-corrected chi connectivity index (χ3v) is 10.0. The molecule has 2 fully saturated rings. The van der Waals surface area contributed by atoms with Gasteiger partial charge in [-0.1, -0.05) is 23.9 Å². The average Bonchev–Trinajstić information content (AvgIpc) is 3.64. The third kappa shape index (κ3) is 4.95. The third-order valence-electron chi connectivity index (χ3n) is 7.79. The number of aldehydes is 1. The SMILES string of the molecule is C[C@@H]1OCC2(CCN(c3ncc(Sc4cccc5c(C=O)csc45)c4nccn34)CC2)[C@@H]1NC(=O)OC(C)(C)C. The lowest BCUT2D eigenvalue weighted by molar-refractivity contribution is 0.0434. The molecule has 5 heterocycles. The molecule has 1 N–H and O–H groups in total. The van der Waals surface area contributed by atoms with Crippen molar-refractivity contribution in [3.63, 3.8) is 0 Å². The average molecular weight is 580 g/mol. The molecule has 2 atom stereocenters. The van der Waals surface area contributed by atoms with Crippen LogP contribution >= 0.6 is 23.1 Å². The summed E-state index contributed by atoms with van der Waals surface area (Å²) < 4.78 is 14.7. The molecule has 40 heavy (non-hydrogen) atoms. The first-order valence-electron chi connectivity index (χ1n) is 13.5. The minimum atomic E-state index is -0.551. The van der Waals surface area contributed by atoms with E-state index in [1.165, 1.54) is 0 Å². The van der Waals surface area contributed by atoms with E-state index in [0.717, 1.165) is 69.3 Å². The van der Waals surface area contributed by atoms with Crippen molar-refractivity contribution in [3.05, 3.63) is 47.7 Å². The van der Waals surface area contributed by atoms with Crippen LogP contribution in [0.5, 0.6) is 0 Å². The predicted molar refractivity (Wildman–Crippen MR) is 157 cm³/mol. The number of benzene rings is 1. The van der Waals surface area contributed by atoms with Crippen molar-refractivity contribution in [2.45, 2.75) is 68.1 Å². The van der Waals surface area contributed by atoms with Gasteiger partial charge in [0.15, 0.2) is 11.9 Å². The number of rotatable bonds is 5. The second-order valence-electron chi connectivity index (χ2n) is 11.6. The van der Waals surface area contributed by atoms with Gasteiger partial charge in [0.2, 0.25) is 5.95 Å². The zero-order valence-corrected chi connectivity index (χ0v) is 24.7. The highest BCUT2D eigenvalue weighted by Crippen LogP contribution is 2.44. The maximum absolute atomic E-state index is 12.6. The fourth-order valence-electron chi connectivity index (χ4n) is 5.82. The Bertz CT molecular complexity index is 1570. The highest BCUT2D eigenvalue weighted by Gasteiger charge is 2.50. The van der Waals surface area contributed by atoms with Crippen molar-refractivity contribution in [2.24, 2.45) is 5.41 Å². The second kappa shape index (κ2) is 10.4. The van der Waals surface area contributed by atoms with Crippen molar-refractivity contribution in [2.75, 3.05) is 24.6 Å². The number of carbonyl (C=O) groups excluding carboxylic acids is 2. The number of ether oxygens (including phenoxy) is 2. The van der Waals surface area contributed by atoms with Crippen LogP contribution in [-0.2, 0) is 9.47 Å². The van der Waals surface area contributed by atoms with Gasteiger partial charge in [0, 0.05) is 63.0 Å². The van der Waals surface area contributed by atoms with E-state index in [1.807, 2.05) is 57.6 Å². The Balaban J connectivity index is 1.20. The number of fused-ring (bicyclic) bond motifs is 2. The number of nitrogens with one attached hydrogen (secondary N) is 1. The number of alkyl carbamates (subject to hydrolysis) is 1. The predicted octanol–water partition coefficient (Wildman–Crippen LogP) is 5.81. The van der Waals surface area contributed by atoms with Crippen molar-refractivity contribution in [1.82, 2.24) is 19.7 Å². The van der Waals surface area contributed by atoms with Crippen LogP contribution in [0.1, 0.15) is 50.9 Å². The molecule has 0 unspecified atom stereocenters. The number of imidazole rings is 1. The standard InChI is InChI=1S/C29H33N5O4S2/c1-18-24(32-27(36)38-28(2,3)4)29(17-37-18)8-11-33(12-9-29)26-31-14-22(25-30-10-13-34(25)26)40-21-7-5-6-20-19(15-35)16-39-23(20)21/h5-7,10,13-16,18,24H,8-9,11-12,17H2,1-4H3,(H,32,36)/t18-,24+/m0/s1. The van der Waals surface area contributed by atoms with E-state index in [1.54, 1.807) is 29.3 Å². The van der Waals surface area contributed by atoms with Crippen LogP contribution in [0, 0.1) is 5.41 Å². The molecular formula is C29H33N5O4S2. The zero-order chi connectivity index (χ0) is 28.1. The molecule has 3 aromatic heterocycles. The molecule has 1 aromatic carbocycles. The molecule has 0 saturated carbocycles. The molecule has 0 radical (unpaired) electrons. The van der Waals surface area contributed by atoms with E-state index in [-0.39, 0.29) is 17.6 Å². The number of anilines is 1. The Hall–Kier alpha value is -3.15. The number of piperidine rings is 1. The second-order valence-corrected chi connectivity index (χ2v) is 13.5. The first-order valence-corrected chi connectivity index (χ1v) is 15.2. The van der Waals surface area contributed by atoms with Crippen LogP contribution in [0.4, 0.5) is 10.7 Å². The maximum Gasteiger partial charge on any atom is 0.407 e. The van der Waals surface area contributed by atoms with Crippen molar-refractivity contribution in [1.29, 1.82) is 0 Å². The van der Waals surface area contributed by atoms with Crippen LogP contribution in [0.25, 0.3) is 15.7 Å². The first kappa shape index (κ1) is 27.0. The molecule has 2 aliphatic rings. The van der Waals surface area contributed by atoms with Gasteiger partial charge in [-0.15, -0.1) is 11.3 Å². The number of thiophene rings is 1.